The fraction of sp³-hybridized carbons (Fsp3) is 0.562. The van der Waals surface area contributed by atoms with Gasteiger partial charge in [0.1, 0.15) is 0 Å². The van der Waals surface area contributed by atoms with E-state index in [9.17, 15) is 0 Å². The van der Waals surface area contributed by atoms with Crippen molar-refractivity contribution in [2.24, 2.45) is 5.92 Å². The zero-order chi connectivity index (χ0) is 13.9. The van der Waals surface area contributed by atoms with Gasteiger partial charge < -0.3 is 10.2 Å². The van der Waals surface area contributed by atoms with E-state index in [1.165, 1.54) is 18.5 Å². The number of nitrogens with zero attached hydrogens (tertiary/aromatic N) is 2. The van der Waals surface area contributed by atoms with Crippen LogP contribution in [-0.4, -0.2) is 25.7 Å². The zero-order valence-corrected chi connectivity index (χ0v) is 12.1. The van der Waals surface area contributed by atoms with Crippen LogP contribution in [0, 0.1) is 17.2 Å². The first-order chi connectivity index (χ1) is 9.09. The number of anilines is 1. The molecule has 1 unspecified atom stereocenters. The average Bonchev–Trinajstić information content (AvgIpc) is 2.41. The molecule has 0 aliphatic carbocycles. The van der Waals surface area contributed by atoms with E-state index in [0.717, 1.165) is 18.7 Å². The van der Waals surface area contributed by atoms with Crippen LogP contribution in [-0.2, 0) is 0 Å². The number of hydrogen-bond donors (Lipinski definition) is 1. The molecule has 0 spiro atoms. The molecule has 1 aliphatic rings. The number of nitriles is 1. The molecule has 2 rings (SSSR count). The number of nitrogens with one attached hydrogen (secondary N) is 1. The lowest BCUT2D eigenvalue weighted by molar-refractivity contribution is 0.235. The Morgan fingerprint density at radius 3 is 2.63 bits per heavy atom. The van der Waals surface area contributed by atoms with E-state index < -0.39 is 0 Å². The Bertz CT molecular complexity index is 454. The topological polar surface area (TPSA) is 39.1 Å². The first kappa shape index (κ1) is 13.9. The Morgan fingerprint density at radius 1 is 1.37 bits per heavy atom. The molecule has 3 heteroatoms. The molecule has 0 aromatic heterocycles. The highest BCUT2D eigenvalue weighted by atomic mass is 15.2. The van der Waals surface area contributed by atoms with Gasteiger partial charge >= 0.3 is 0 Å². The molecule has 1 N–H and O–H groups in total. The third kappa shape index (κ3) is 2.74. The van der Waals surface area contributed by atoms with Crippen LogP contribution in [0.3, 0.4) is 0 Å². The Hall–Kier alpha value is -1.53. The molecule has 1 aliphatic heterocycles. The highest BCUT2D eigenvalue weighted by Crippen LogP contribution is 2.36. The van der Waals surface area contributed by atoms with E-state index in [0.29, 0.717) is 5.92 Å². The van der Waals surface area contributed by atoms with Gasteiger partial charge in [-0.05, 0) is 70.5 Å². The van der Waals surface area contributed by atoms with E-state index in [2.05, 4.69) is 42.3 Å². The van der Waals surface area contributed by atoms with Crippen molar-refractivity contribution in [3.05, 3.63) is 29.8 Å². The van der Waals surface area contributed by atoms with Crippen LogP contribution in [0.4, 0.5) is 5.69 Å². The summed E-state index contributed by atoms with van der Waals surface area (Å²) in [6, 6.07) is 10.1. The minimum absolute atomic E-state index is 0.148. The summed E-state index contributed by atoms with van der Waals surface area (Å²) in [5, 5.41) is 12.2. The number of piperidine rings is 1. The predicted molar refractivity (Wildman–Crippen MR) is 79.2 cm³/mol. The minimum Gasteiger partial charge on any atom is -0.366 e. The largest absolute Gasteiger partial charge is 0.366 e. The molecule has 0 radical (unpaired) electrons. The monoisotopic (exact) mass is 257 g/mol. The third-order valence-corrected chi connectivity index (χ3v) is 4.39. The normalized spacial score (nSPS) is 22.0. The zero-order valence-electron chi connectivity index (χ0n) is 12.1. The fourth-order valence-corrected chi connectivity index (χ4v) is 3.13. The molecule has 0 amide bonds. The summed E-state index contributed by atoms with van der Waals surface area (Å²) < 4.78 is 0. The molecular weight excluding hydrogens is 234 g/mol. The lowest BCUT2D eigenvalue weighted by Gasteiger charge is -2.49. The summed E-state index contributed by atoms with van der Waals surface area (Å²) in [7, 11) is 2.02. The number of benzene rings is 1. The van der Waals surface area contributed by atoms with E-state index >= 15 is 0 Å². The summed E-state index contributed by atoms with van der Waals surface area (Å²) in [5.74, 6) is 0.655. The van der Waals surface area contributed by atoms with Gasteiger partial charge in [-0.2, -0.15) is 5.26 Å². The second-order valence-corrected chi connectivity index (χ2v) is 5.86. The van der Waals surface area contributed by atoms with Crippen molar-refractivity contribution < 1.29 is 0 Å². The lowest BCUT2D eigenvalue weighted by Crippen LogP contribution is -2.55. The van der Waals surface area contributed by atoms with Crippen molar-refractivity contribution >= 4 is 5.69 Å². The summed E-state index contributed by atoms with van der Waals surface area (Å²) in [5.41, 5.74) is 2.10. The maximum atomic E-state index is 8.88. The predicted octanol–water partition coefficient (Wildman–Crippen LogP) is 2.77. The van der Waals surface area contributed by atoms with Crippen molar-refractivity contribution in [1.82, 2.24) is 5.32 Å². The van der Waals surface area contributed by atoms with E-state index in [4.69, 9.17) is 5.26 Å². The minimum atomic E-state index is 0.148. The number of rotatable bonds is 3. The molecule has 3 nitrogen and oxygen atoms in total. The molecule has 1 aromatic rings. The summed E-state index contributed by atoms with van der Waals surface area (Å²) in [6.07, 6.45) is 2.51. The van der Waals surface area contributed by atoms with Crippen LogP contribution >= 0.6 is 0 Å². The molecular formula is C16H23N3. The van der Waals surface area contributed by atoms with Crippen LogP contribution in [0.2, 0.25) is 0 Å². The van der Waals surface area contributed by atoms with E-state index in [-0.39, 0.29) is 5.54 Å². The van der Waals surface area contributed by atoms with Crippen LogP contribution < -0.4 is 10.2 Å². The lowest BCUT2D eigenvalue weighted by atomic mass is 9.78. The third-order valence-electron chi connectivity index (χ3n) is 4.39. The molecule has 1 heterocycles. The van der Waals surface area contributed by atoms with Gasteiger partial charge in [0.05, 0.1) is 11.6 Å². The summed E-state index contributed by atoms with van der Waals surface area (Å²) in [4.78, 5) is 2.49. The second kappa shape index (κ2) is 5.63. The Kier molecular flexibility index (Phi) is 4.11. The Labute approximate surface area is 116 Å². The molecule has 1 fully saturated rings. The first-order valence-electron chi connectivity index (χ1n) is 7.02. The molecule has 1 saturated heterocycles. The molecule has 19 heavy (non-hydrogen) atoms. The van der Waals surface area contributed by atoms with E-state index in [1.54, 1.807) is 0 Å². The van der Waals surface area contributed by atoms with Crippen LogP contribution in [0.5, 0.6) is 0 Å². The maximum Gasteiger partial charge on any atom is 0.0991 e. The van der Waals surface area contributed by atoms with Gasteiger partial charge in [0, 0.05) is 17.8 Å². The summed E-state index contributed by atoms with van der Waals surface area (Å²) in [6.45, 7) is 6.80. The van der Waals surface area contributed by atoms with Gasteiger partial charge in [0.2, 0.25) is 0 Å². The Morgan fingerprint density at radius 2 is 2.05 bits per heavy atom. The maximum absolute atomic E-state index is 8.88. The molecule has 1 atom stereocenters. The van der Waals surface area contributed by atoms with Crippen molar-refractivity contribution in [3.8, 4) is 6.07 Å². The van der Waals surface area contributed by atoms with Crippen molar-refractivity contribution in [2.75, 3.05) is 25.0 Å². The van der Waals surface area contributed by atoms with Gasteiger partial charge in [-0.3, -0.25) is 0 Å². The van der Waals surface area contributed by atoms with Gasteiger partial charge in [0.15, 0.2) is 0 Å². The Balaban J connectivity index is 2.24. The van der Waals surface area contributed by atoms with Crippen molar-refractivity contribution in [2.45, 2.75) is 32.2 Å². The van der Waals surface area contributed by atoms with Crippen LogP contribution in [0.1, 0.15) is 32.3 Å². The quantitative estimate of drug-likeness (QED) is 0.905. The van der Waals surface area contributed by atoms with Crippen molar-refractivity contribution in [3.63, 3.8) is 0 Å². The number of hydrogen-bond acceptors (Lipinski definition) is 3. The molecule has 1 aromatic carbocycles. The van der Waals surface area contributed by atoms with Crippen molar-refractivity contribution in [1.29, 1.82) is 5.26 Å². The summed E-state index contributed by atoms with van der Waals surface area (Å²) >= 11 is 0. The standard InChI is InChI=1S/C16H23N3/c1-16(2)14(12-18-3)5-4-10-19(16)15-8-6-13(11-17)7-9-15/h6-9,14,18H,4-5,10,12H2,1-3H3. The van der Waals surface area contributed by atoms with Gasteiger partial charge in [0.25, 0.3) is 0 Å². The molecule has 102 valence electrons. The highest BCUT2D eigenvalue weighted by molar-refractivity contribution is 5.52. The first-order valence-corrected chi connectivity index (χ1v) is 7.02. The van der Waals surface area contributed by atoms with Gasteiger partial charge in [-0.1, -0.05) is 0 Å². The fourth-order valence-electron chi connectivity index (χ4n) is 3.13. The molecule has 0 bridgehead atoms. The smallest absolute Gasteiger partial charge is 0.0991 e. The van der Waals surface area contributed by atoms with Gasteiger partial charge in [-0.25, -0.2) is 0 Å². The average molecular weight is 257 g/mol. The van der Waals surface area contributed by atoms with Crippen LogP contribution in [0.25, 0.3) is 0 Å². The molecule has 0 saturated carbocycles. The van der Waals surface area contributed by atoms with Gasteiger partial charge in [-0.15, -0.1) is 0 Å². The van der Waals surface area contributed by atoms with Crippen LogP contribution in [0.15, 0.2) is 24.3 Å². The van der Waals surface area contributed by atoms with E-state index in [1.807, 2.05) is 19.2 Å². The SMILES string of the molecule is CNCC1CCCN(c2ccc(C#N)cc2)C1(C)C. The second-order valence-electron chi connectivity index (χ2n) is 5.86. The highest BCUT2D eigenvalue weighted by Gasteiger charge is 2.37.